The van der Waals surface area contributed by atoms with Gasteiger partial charge >= 0.3 is 6.03 Å². The van der Waals surface area contributed by atoms with E-state index in [0.29, 0.717) is 13.0 Å². The number of imidazole rings is 1. The number of imide groups is 1. The Labute approximate surface area is 135 Å². The number of nitrogens with one attached hydrogen (secondary N) is 1. The van der Waals surface area contributed by atoms with Crippen molar-refractivity contribution in [2.75, 3.05) is 6.54 Å². The lowest BCUT2D eigenvalue weighted by Crippen LogP contribution is -2.41. The van der Waals surface area contributed by atoms with Gasteiger partial charge in [0.1, 0.15) is 5.54 Å². The molecule has 1 aromatic carbocycles. The number of carbonyl (C=O) groups excluding carboxylic acids is 2. The number of nitrogens with zero attached hydrogens (tertiary/aromatic N) is 3. The highest BCUT2D eigenvalue weighted by molar-refractivity contribution is 6.07. The molecule has 1 aliphatic rings. The molecule has 1 N–H and O–H groups in total. The number of urea groups is 1. The zero-order valence-corrected chi connectivity index (χ0v) is 13.5. The molecular formula is C17H20N4O2. The predicted molar refractivity (Wildman–Crippen MR) is 85.7 cm³/mol. The van der Waals surface area contributed by atoms with Crippen LogP contribution in [0.15, 0.2) is 36.8 Å². The maximum Gasteiger partial charge on any atom is 0.325 e. The number of carbonyl (C=O) groups is 2. The zero-order chi connectivity index (χ0) is 16.6. The Morgan fingerprint density at radius 3 is 2.65 bits per heavy atom. The lowest BCUT2D eigenvalue weighted by Gasteiger charge is -2.24. The molecule has 23 heavy (non-hydrogen) atoms. The van der Waals surface area contributed by atoms with Crippen molar-refractivity contribution in [3.8, 4) is 0 Å². The van der Waals surface area contributed by atoms with E-state index in [9.17, 15) is 9.59 Å². The Hall–Kier alpha value is -2.63. The monoisotopic (exact) mass is 312 g/mol. The summed E-state index contributed by atoms with van der Waals surface area (Å²) in [6.45, 7) is 4.05. The smallest absolute Gasteiger partial charge is 0.325 e. The van der Waals surface area contributed by atoms with Gasteiger partial charge < -0.3 is 9.88 Å². The number of aromatic nitrogens is 2. The number of amides is 3. The van der Waals surface area contributed by atoms with E-state index in [-0.39, 0.29) is 11.9 Å². The molecule has 0 unspecified atom stereocenters. The summed E-state index contributed by atoms with van der Waals surface area (Å²) in [6, 6.07) is 7.29. The van der Waals surface area contributed by atoms with Crippen LogP contribution in [0.5, 0.6) is 0 Å². The molecule has 3 amide bonds. The lowest BCUT2D eigenvalue weighted by molar-refractivity contribution is -0.131. The van der Waals surface area contributed by atoms with Crippen LogP contribution in [0.1, 0.15) is 23.7 Å². The van der Waals surface area contributed by atoms with Crippen LogP contribution in [0, 0.1) is 6.92 Å². The van der Waals surface area contributed by atoms with Crippen molar-refractivity contribution in [2.24, 2.45) is 7.05 Å². The van der Waals surface area contributed by atoms with Gasteiger partial charge in [0, 0.05) is 31.9 Å². The molecule has 1 saturated heterocycles. The van der Waals surface area contributed by atoms with E-state index in [0.717, 1.165) is 16.8 Å². The maximum absolute atomic E-state index is 12.9. The normalized spacial score (nSPS) is 20.9. The van der Waals surface area contributed by atoms with E-state index in [4.69, 9.17) is 0 Å². The molecule has 6 heteroatoms. The molecule has 0 aliphatic carbocycles. The van der Waals surface area contributed by atoms with Gasteiger partial charge in [0.15, 0.2) is 0 Å². The first-order valence-electron chi connectivity index (χ1n) is 7.59. The highest BCUT2D eigenvalue weighted by atomic mass is 16.2. The molecule has 1 aromatic heterocycles. The molecule has 0 saturated carbocycles. The largest absolute Gasteiger partial charge is 0.338 e. The first-order valence-corrected chi connectivity index (χ1v) is 7.59. The standard InChI is InChI=1S/C17H20N4O2/c1-12-6-4-5-7-14(12)17(2)15(22)21(16(23)19-17)9-8-13-10-18-11-20(13)3/h4-7,10-11H,8-9H2,1-3H3,(H,19,23)/t17-/m0/s1. The van der Waals surface area contributed by atoms with Crippen LogP contribution in [-0.4, -0.2) is 32.9 Å². The van der Waals surface area contributed by atoms with Crippen LogP contribution in [0.25, 0.3) is 0 Å². The number of aryl methyl sites for hydroxylation is 2. The molecule has 0 bridgehead atoms. The number of rotatable bonds is 4. The summed E-state index contributed by atoms with van der Waals surface area (Å²) in [5.41, 5.74) is 1.79. The van der Waals surface area contributed by atoms with Crippen LogP contribution in [0.2, 0.25) is 0 Å². The van der Waals surface area contributed by atoms with Crippen molar-refractivity contribution < 1.29 is 9.59 Å². The van der Waals surface area contributed by atoms with Crippen molar-refractivity contribution in [2.45, 2.75) is 25.8 Å². The molecule has 1 atom stereocenters. The summed E-state index contributed by atoms with van der Waals surface area (Å²) < 4.78 is 1.89. The average Bonchev–Trinajstić information content (AvgIpc) is 3.01. The van der Waals surface area contributed by atoms with Crippen molar-refractivity contribution in [1.29, 1.82) is 0 Å². The number of hydrogen-bond donors (Lipinski definition) is 1. The Morgan fingerprint density at radius 2 is 2.00 bits per heavy atom. The second kappa shape index (κ2) is 5.53. The molecule has 1 aliphatic heterocycles. The topological polar surface area (TPSA) is 67.2 Å². The second-order valence-electron chi connectivity index (χ2n) is 6.07. The second-order valence-corrected chi connectivity index (χ2v) is 6.07. The van der Waals surface area contributed by atoms with Crippen LogP contribution in [0.4, 0.5) is 4.79 Å². The van der Waals surface area contributed by atoms with Gasteiger partial charge in [-0.3, -0.25) is 9.69 Å². The van der Waals surface area contributed by atoms with Gasteiger partial charge in [-0.05, 0) is 25.0 Å². The molecule has 6 nitrogen and oxygen atoms in total. The maximum atomic E-state index is 12.9. The van der Waals surface area contributed by atoms with Crippen LogP contribution in [-0.2, 0) is 23.8 Å². The van der Waals surface area contributed by atoms with Gasteiger partial charge in [-0.2, -0.15) is 0 Å². The van der Waals surface area contributed by atoms with Crippen LogP contribution in [0.3, 0.4) is 0 Å². The Kier molecular flexibility index (Phi) is 3.67. The van der Waals surface area contributed by atoms with Crippen molar-refractivity contribution >= 4 is 11.9 Å². The summed E-state index contributed by atoms with van der Waals surface area (Å²) >= 11 is 0. The fraction of sp³-hybridized carbons (Fsp3) is 0.353. The Bertz CT molecular complexity index is 767. The average molecular weight is 312 g/mol. The summed E-state index contributed by atoms with van der Waals surface area (Å²) in [5.74, 6) is -0.209. The predicted octanol–water partition coefficient (Wildman–Crippen LogP) is 1.74. The van der Waals surface area contributed by atoms with Gasteiger partial charge in [0.25, 0.3) is 5.91 Å². The van der Waals surface area contributed by atoms with E-state index < -0.39 is 5.54 Å². The highest BCUT2D eigenvalue weighted by Crippen LogP contribution is 2.30. The molecule has 1 fully saturated rings. The first kappa shape index (κ1) is 15.3. The molecular weight excluding hydrogens is 292 g/mol. The quantitative estimate of drug-likeness (QED) is 0.875. The minimum atomic E-state index is -1.01. The lowest BCUT2D eigenvalue weighted by atomic mass is 9.88. The van der Waals surface area contributed by atoms with E-state index >= 15 is 0 Å². The molecule has 0 radical (unpaired) electrons. The SMILES string of the molecule is Cc1ccccc1[C@]1(C)NC(=O)N(CCc2cncn2C)C1=O. The van der Waals surface area contributed by atoms with Gasteiger partial charge in [0.2, 0.25) is 0 Å². The fourth-order valence-electron chi connectivity index (χ4n) is 3.07. The van der Waals surface area contributed by atoms with E-state index in [1.165, 1.54) is 4.90 Å². The molecule has 3 rings (SSSR count). The minimum Gasteiger partial charge on any atom is -0.338 e. The first-order chi connectivity index (χ1) is 10.9. The minimum absolute atomic E-state index is 0.209. The summed E-state index contributed by atoms with van der Waals surface area (Å²) in [4.78, 5) is 30.5. The van der Waals surface area contributed by atoms with Crippen LogP contribution >= 0.6 is 0 Å². The third kappa shape index (κ3) is 2.50. The van der Waals surface area contributed by atoms with Crippen molar-refractivity contribution in [3.05, 3.63) is 53.6 Å². The Morgan fingerprint density at radius 1 is 1.26 bits per heavy atom. The molecule has 2 aromatic rings. The fourth-order valence-corrected chi connectivity index (χ4v) is 3.07. The molecule has 2 heterocycles. The van der Waals surface area contributed by atoms with Gasteiger partial charge in [0.05, 0.1) is 6.33 Å². The highest BCUT2D eigenvalue weighted by Gasteiger charge is 2.49. The van der Waals surface area contributed by atoms with Gasteiger partial charge in [-0.25, -0.2) is 9.78 Å². The molecule has 0 spiro atoms. The van der Waals surface area contributed by atoms with Gasteiger partial charge in [-0.1, -0.05) is 24.3 Å². The summed E-state index contributed by atoms with van der Waals surface area (Å²) in [5, 5.41) is 2.85. The van der Waals surface area contributed by atoms with E-state index in [1.54, 1.807) is 19.4 Å². The van der Waals surface area contributed by atoms with Crippen molar-refractivity contribution in [3.63, 3.8) is 0 Å². The Balaban J connectivity index is 1.82. The zero-order valence-electron chi connectivity index (χ0n) is 13.5. The molecule has 120 valence electrons. The van der Waals surface area contributed by atoms with Crippen molar-refractivity contribution in [1.82, 2.24) is 19.8 Å². The van der Waals surface area contributed by atoms with E-state index in [1.807, 2.05) is 42.8 Å². The third-order valence-electron chi connectivity index (χ3n) is 4.47. The number of hydrogen-bond acceptors (Lipinski definition) is 3. The summed E-state index contributed by atoms with van der Waals surface area (Å²) in [6.07, 6.45) is 4.04. The third-order valence-corrected chi connectivity index (χ3v) is 4.47. The van der Waals surface area contributed by atoms with E-state index in [2.05, 4.69) is 10.3 Å². The van der Waals surface area contributed by atoms with Crippen LogP contribution < -0.4 is 5.32 Å². The number of benzene rings is 1. The van der Waals surface area contributed by atoms with Gasteiger partial charge in [-0.15, -0.1) is 0 Å². The summed E-state index contributed by atoms with van der Waals surface area (Å²) in [7, 11) is 1.89.